The maximum Gasteiger partial charge on any atom is 0.119 e. The summed E-state index contributed by atoms with van der Waals surface area (Å²) in [4.78, 5) is 0. The van der Waals surface area contributed by atoms with Crippen LogP contribution in [0.5, 0.6) is 5.75 Å². The molecule has 0 bridgehead atoms. The summed E-state index contributed by atoms with van der Waals surface area (Å²) in [5.74, 6) is 1.23. The Morgan fingerprint density at radius 3 is 2.67 bits per heavy atom. The molecule has 0 heterocycles. The molecule has 2 aromatic carbocycles. The van der Waals surface area contributed by atoms with E-state index in [0.717, 1.165) is 29.7 Å². The molecule has 0 fully saturated rings. The highest BCUT2D eigenvalue weighted by Crippen LogP contribution is 2.27. The topological polar surface area (TPSA) is 35.2 Å². The monoisotopic (exact) mass is 347 g/mol. The highest BCUT2D eigenvalue weighted by Gasteiger charge is 2.13. The minimum absolute atomic E-state index is 0.300. The lowest BCUT2D eigenvalue weighted by Crippen LogP contribution is -2.15. The summed E-state index contributed by atoms with van der Waals surface area (Å²) in [5.41, 5.74) is 8.52. The van der Waals surface area contributed by atoms with Crippen molar-refractivity contribution in [1.82, 2.24) is 0 Å². The molecule has 0 radical (unpaired) electrons. The molecule has 0 aliphatic heterocycles. The molecule has 1 unspecified atom stereocenters. The summed E-state index contributed by atoms with van der Waals surface area (Å²) in [7, 11) is 0. The molecule has 0 spiro atoms. The first-order valence-corrected chi connectivity index (χ1v) is 8.20. The standard InChI is InChI=1S/C18H22BrNO/c1-2-10-21-17-8-5-7-14(12-17)16(13-20)11-15-6-3-4-9-18(15)19/h3-9,12,16H,2,10-11,13,20H2,1H3. The van der Waals surface area contributed by atoms with Crippen LogP contribution in [0.1, 0.15) is 30.4 Å². The smallest absolute Gasteiger partial charge is 0.119 e. The summed E-state index contributed by atoms with van der Waals surface area (Å²) >= 11 is 3.61. The number of ether oxygens (including phenoxy) is 1. The van der Waals surface area contributed by atoms with Gasteiger partial charge >= 0.3 is 0 Å². The van der Waals surface area contributed by atoms with Gasteiger partial charge in [0.2, 0.25) is 0 Å². The normalized spacial score (nSPS) is 12.1. The lowest BCUT2D eigenvalue weighted by Gasteiger charge is -2.17. The highest BCUT2D eigenvalue weighted by atomic mass is 79.9. The van der Waals surface area contributed by atoms with E-state index in [1.54, 1.807) is 0 Å². The van der Waals surface area contributed by atoms with E-state index >= 15 is 0 Å². The number of rotatable bonds is 7. The molecule has 0 aliphatic carbocycles. The van der Waals surface area contributed by atoms with E-state index in [-0.39, 0.29) is 0 Å². The number of halogens is 1. The first-order chi connectivity index (χ1) is 10.2. The highest BCUT2D eigenvalue weighted by molar-refractivity contribution is 9.10. The van der Waals surface area contributed by atoms with Crippen molar-refractivity contribution in [1.29, 1.82) is 0 Å². The summed E-state index contributed by atoms with van der Waals surface area (Å²) < 4.78 is 6.85. The third-order valence-electron chi connectivity index (χ3n) is 3.51. The number of nitrogens with two attached hydrogens (primary N) is 1. The van der Waals surface area contributed by atoms with E-state index < -0.39 is 0 Å². The third kappa shape index (κ3) is 4.58. The molecule has 0 aliphatic rings. The molecule has 0 saturated carbocycles. The van der Waals surface area contributed by atoms with Crippen LogP contribution in [0.4, 0.5) is 0 Å². The molecular weight excluding hydrogens is 326 g/mol. The minimum atomic E-state index is 0.300. The first kappa shape index (κ1) is 16.1. The zero-order valence-electron chi connectivity index (χ0n) is 12.4. The molecule has 1 atom stereocenters. The van der Waals surface area contributed by atoms with Crippen LogP contribution in [0, 0.1) is 0 Å². The van der Waals surface area contributed by atoms with Crippen molar-refractivity contribution in [2.24, 2.45) is 5.73 Å². The molecule has 0 saturated heterocycles. The van der Waals surface area contributed by atoms with Crippen molar-refractivity contribution in [3.8, 4) is 5.75 Å². The zero-order chi connectivity index (χ0) is 15.1. The van der Waals surface area contributed by atoms with E-state index in [1.165, 1.54) is 11.1 Å². The Balaban J connectivity index is 2.15. The van der Waals surface area contributed by atoms with Gasteiger partial charge in [0.25, 0.3) is 0 Å². The Bertz CT molecular complexity index is 571. The predicted molar refractivity (Wildman–Crippen MR) is 91.9 cm³/mol. The molecule has 0 amide bonds. The van der Waals surface area contributed by atoms with Gasteiger partial charge in [-0.2, -0.15) is 0 Å². The van der Waals surface area contributed by atoms with Crippen LogP contribution >= 0.6 is 15.9 Å². The van der Waals surface area contributed by atoms with E-state index in [1.807, 2.05) is 18.2 Å². The van der Waals surface area contributed by atoms with Crippen molar-refractivity contribution >= 4 is 15.9 Å². The summed E-state index contributed by atoms with van der Waals surface area (Å²) in [5, 5.41) is 0. The Morgan fingerprint density at radius 1 is 1.14 bits per heavy atom. The average molecular weight is 348 g/mol. The fourth-order valence-electron chi connectivity index (χ4n) is 2.34. The van der Waals surface area contributed by atoms with Crippen LogP contribution in [0.2, 0.25) is 0 Å². The summed E-state index contributed by atoms with van der Waals surface area (Å²) in [6.07, 6.45) is 1.94. The van der Waals surface area contributed by atoms with Gasteiger partial charge in [-0.05, 0) is 48.7 Å². The minimum Gasteiger partial charge on any atom is -0.494 e. The van der Waals surface area contributed by atoms with Gasteiger partial charge < -0.3 is 10.5 Å². The Labute approximate surface area is 135 Å². The van der Waals surface area contributed by atoms with Gasteiger partial charge in [-0.15, -0.1) is 0 Å². The molecular formula is C18H22BrNO. The van der Waals surface area contributed by atoms with Gasteiger partial charge in [0.05, 0.1) is 6.61 Å². The van der Waals surface area contributed by atoms with Crippen LogP contribution in [0.25, 0.3) is 0 Å². The fraction of sp³-hybridized carbons (Fsp3) is 0.333. The van der Waals surface area contributed by atoms with E-state index in [9.17, 15) is 0 Å². The van der Waals surface area contributed by atoms with Crippen molar-refractivity contribution in [3.05, 3.63) is 64.1 Å². The molecule has 0 aromatic heterocycles. The van der Waals surface area contributed by atoms with Crippen molar-refractivity contribution < 1.29 is 4.74 Å². The molecule has 2 aromatic rings. The van der Waals surface area contributed by atoms with Crippen LogP contribution in [0.3, 0.4) is 0 Å². The van der Waals surface area contributed by atoms with Gasteiger partial charge in [-0.3, -0.25) is 0 Å². The van der Waals surface area contributed by atoms with Crippen LogP contribution in [-0.4, -0.2) is 13.2 Å². The molecule has 2 N–H and O–H groups in total. The molecule has 112 valence electrons. The Morgan fingerprint density at radius 2 is 1.95 bits per heavy atom. The van der Waals surface area contributed by atoms with Crippen molar-refractivity contribution in [2.75, 3.05) is 13.2 Å². The predicted octanol–water partition coefficient (Wildman–Crippen LogP) is 4.52. The van der Waals surface area contributed by atoms with Gasteiger partial charge in [-0.1, -0.05) is 53.2 Å². The number of benzene rings is 2. The molecule has 3 heteroatoms. The molecule has 2 nitrogen and oxygen atoms in total. The van der Waals surface area contributed by atoms with Gasteiger partial charge in [-0.25, -0.2) is 0 Å². The quantitative estimate of drug-likeness (QED) is 0.798. The second-order valence-corrected chi connectivity index (χ2v) is 6.00. The average Bonchev–Trinajstić information content (AvgIpc) is 2.52. The second kappa shape index (κ2) is 8.20. The summed E-state index contributed by atoms with van der Waals surface area (Å²) in [6.45, 7) is 3.49. The van der Waals surface area contributed by atoms with E-state index in [0.29, 0.717) is 12.5 Å². The number of hydrogen-bond donors (Lipinski definition) is 1. The van der Waals surface area contributed by atoms with Gasteiger partial charge in [0.1, 0.15) is 5.75 Å². The van der Waals surface area contributed by atoms with E-state index in [2.05, 4.69) is 53.2 Å². The number of hydrogen-bond acceptors (Lipinski definition) is 2. The summed E-state index contributed by atoms with van der Waals surface area (Å²) in [6, 6.07) is 16.6. The van der Waals surface area contributed by atoms with Gasteiger partial charge in [0, 0.05) is 10.4 Å². The maximum absolute atomic E-state index is 6.00. The zero-order valence-corrected chi connectivity index (χ0v) is 14.0. The Kier molecular flexibility index (Phi) is 6.27. The van der Waals surface area contributed by atoms with Crippen LogP contribution in [0.15, 0.2) is 53.0 Å². The van der Waals surface area contributed by atoms with Gasteiger partial charge in [0.15, 0.2) is 0 Å². The third-order valence-corrected chi connectivity index (χ3v) is 4.28. The van der Waals surface area contributed by atoms with E-state index in [4.69, 9.17) is 10.5 Å². The van der Waals surface area contributed by atoms with Crippen LogP contribution in [-0.2, 0) is 6.42 Å². The lowest BCUT2D eigenvalue weighted by molar-refractivity contribution is 0.317. The first-order valence-electron chi connectivity index (χ1n) is 7.40. The maximum atomic E-state index is 6.00. The second-order valence-electron chi connectivity index (χ2n) is 5.15. The molecule has 2 rings (SSSR count). The van der Waals surface area contributed by atoms with Crippen molar-refractivity contribution in [2.45, 2.75) is 25.7 Å². The van der Waals surface area contributed by atoms with Crippen molar-refractivity contribution in [3.63, 3.8) is 0 Å². The lowest BCUT2D eigenvalue weighted by atomic mass is 9.92. The largest absolute Gasteiger partial charge is 0.494 e. The fourth-order valence-corrected chi connectivity index (χ4v) is 2.79. The SMILES string of the molecule is CCCOc1cccc(C(CN)Cc2ccccc2Br)c1. The van der Waals surface area contributed by atoms with Crippen LogP contribution < -0.4 is 10.5 Å². The Hall–Kier alpha value is -1.32. The molecule has 21 heavy (non-hydrogen) atoms.